The van der Waals surface area contributed by atoms with Crippen LogP contribution in [0.15, 0.2) is 0 Å². The van der Waals surface area contributed by atoms with E-state index in [1.807, 2.05) is 18.7 Å². The number of ether oxygens (including phenoxy) is 2. The quantitative estimate of drug-likeness (QED) is 0.443. The number of nitrogens with zero attached hydrogens (tertiary/aromatic N) is 1. The molecule has 0 aliphatic carbocycles. The molecule has 18 heavy (non-hydrogen) atoms. The molecule has 1 amide bonds. The molecule has 0 unspecified atom stereocenters. The standard InChI is InChI=1S/C12H24N2O4/c1-4-13-11(15)9-14(5-2)7-8-17-10-12(16)18-6-3/h4-10H2,1-3H3,(H,13,15). The Hall–Kier alpha value is -1.14. The Kier molecular flexibility index (Phi) is 10.3. The lowest BCUT2D eigenvalue weighted by Gasteiger charge is -2.19. The van der Waals surface area contributed by atoms with E-state index < -0.39 is 0 Å². The normalized spacial score (nSPS) is 10.4. The second-order valence-electron chi connectivity index (χ2n) is 3.68. The number of nitrogens with one attached hydrogen (secondary N) is 1. The summed E-state index contributed by atoms with van der Waals surface area (Å²) in [4.78, 5) is 24.3. The van der Waals surface area contributed by atoms with Gasteiger partial charge in [-0.2, -0.15) is 0 Å². The van der Waals surface area contributed by atoms with E-state index in [2.05, 4.69) is 5.32 Å². The molecule has 0 heterocycles. The van der Waals surface area contributed by atoms with Crippen LogP contribution in [0.1, 0.15) is 20.8 Å². The van der Waals surface area contributed by atoms with Gasteiger partial charge in [0.15, 0.2) is 0 Å². The maximum atomic E-state index is 11.4. The van der Waals surface area contributed by atoms with Gasteiger partial charge in [0.1, 0.15) is 6.61 Å². The number of hydrogen-bond acceptors (Lipinski definition) is 5. The summed E-state index contributed by atoms with van der Waals surface area (Å²) in [5.41, 5.74) is 0. The summed E-state index contributed by atoms with van der Waals surface area (Å²) < 4.78 is 9.90. The van der Waals surface area contributed by atoms with Gasteiger partial charge in [-0.05, 0) is 20.4 Å². The van der Waals surface area contributed by atoms with Crippen molar-refractivity contribution in [3.63, 3.8) is 0 Å². The minimum atomic E-state index is -0.357. The highest BCUT2D eigenvalue weighted by Gasteiger charge is 2.08. The highest BCUT2D eigenvalue weighted by molar-refractivity contribution is 5.77. The first-order valence-electron chi connectivity index (χ1n) is 6.36. The van der Waals surface area contributed by atoms with Gasteiger partial charge in [-0.1, -0.05) is 6.92 Å². The van der Waals surface area contributed by atoms with Crippen molar-refractivity contribution < 1.29 is 19.1 Å². The molecule has 0 atom stereocenters. The number of hydrogen-bond donors (Lipinski definition) is 1. The molecular formula is C12H24N2O4. The molecule has 6 nitrogen and oxygen atoms in total. The Labute approximate surface area is 109 Å². The van der Waals surface area contributed by atoms with Gasteiger partial charge in [0.2, 0.25) is 5.91 Å². The highest BCUT2D eigenvalue weighted by Crippen LogP contribution is 1.89. The summed E-state index contributed by atoms with van der Waals surface area (Å²) in [7, 11) is 0. The maximum absolute atomic E-state index is 11.4. The van der Waals surface area contributed by atoms with E-state index in [1.165, 1.54) is 0 Å². The summed E-state index contributed by atoms with van der Waals surface area (Å²) in [5.74, 6) is -0.353. The lowest BCUT2D eigenvalue weighted by molar-refractivity contribution is -0.148. The number of carbonyl (C=O) groups excluding carboxylic acids is 2. The summed E-state index contributed by atoms with van der Waals surface area (Å²) >= 11 is 0. The van der Waals surface area contributed by atoms with Crippen LogP contribution in [-0.2, 0) is 19.1 Å². The third kappa shape index (κ3) is 8.95. The van der Waals surface area contributed by atoms with Crippen molar-refractivity contribution in [3.05, 3.63) is 0 Å². The van der Waals surface area contributed by atoms with Crippen molar-refractivity contribution in [2.24, 2.45) is 0 Å². The fourth-order valence-electron chi connectivity index (χ4n) is 1.36. The van der Waals surface area contributed by atoms with Crippen molar-refractivity contribution in [2.45, 2.75) is 20.8 Å². The Bertz CT molecular complexity index is 246. The zero-order chi connectivity index (χ0) is 13.8. The molecule has 0 saturated heterocycles. The van der Waals surface area contributed by atoms with Gasteiger partial charge in [0, 0.05) is 13.1 Å². The first kappa shape index (κ1) is 16.9. The zero-order valence-electron chi connectivity index (χ0n) is 11.5. The molecule has 0 aromatic rings. The summed E-state index contributed by atoms with van der Waals surface area (Å²) in [6.45, 7) is 8.72. The van der Waals surface area contributed by atoms with Crippen LogP contribution in [0.25, 0.3) is 0 Å². The number of rotatable bonds is 10. The van der Waals surface area contributed by atoms with Crippen molar-refractivity contribution in [1.82, 2.24) is 10.2 Å². The monoisotopic (exact) mass is 260 g/mol. The van der Waals surface area contributed by atoms with E-state index in [0.29, 0.717) is 32.8 Å². The molecule has 0 bridgehead atoms. The van der Waals surface area contributed by atoms with E-state index in [9.17, 15) is 9.59 Å². The van der Waals surface area contributed by atoms with E-state index >= 15 is 0 Å². The largest absolute Gasteiger partial charge is 0.464 e. The number of amides is 1. The van der Waals surface area contributed by atoms with Crippen molar-refractivity contribution in [1.29, 1.82) is 0 Å². The fourth-order valence-corrected chi connectivity index (χ4v) is 1.36. The van der Waals surface area contributed by atoms with Crippen LogP contribution < -0.4 is 5.32 Å². The zero-order valence-corrected chi connectivity index (χ0v) is 11.5. The Morgan fingerprint density at radius 2 is 1.94 bits per heavy atom. The molecule has 0 aliphatic rings. The number of likely N-dealkylation sites (N-methyl/N-ethyl adjacent to an activating group) is 2. The Balaban J connectivity index is 3.67. The second kappa shape index (κ2) is 11.0. The summed E-state index contributed by atoms with van der Waals surface area (Å²) in [6, 6.07) is 0. The van der Waals surface area contributed by atoms with Crippen molar-refractivity contribution in [3.8, 4) is 0 Å². The molecular weight excluding hydrogens is 236 g/mol. The van der Waals surface area contributed by atoms with Gasteiger partial charge in [0.25, 0.3) is 0 Å². The summed E-state index contributed by atoms with van der Waals surface area (Å²) in [5, 5.41) is 2.74. The Morgan fingerprint density at radius 3 is 2.50 bits per heavy atom. The third-order valence-electron chi connectivity index (χ3n) is 2.27. The first-order chi connectivity index (χ1) is 8.63. The van der Waals surface area contributed by atoms with Crippen LogP contribution in [0.3, 0.4) is 0 Å². The number of esters is 1. The highest BCUT2D eigenvalue weighted by atomic mass is 16.6. The molecule has 0 aromatic carbocycles. The average Bonchev–Trinajstić information content (AvgIpc) is 2.33. The van der Waals surface area contributed by atoms with Crippen molar-refractivity contribution >= 4 is 11.9 Å². The molecule has 0 saturated carbocycles. The fraction of sp³-hybridized carbons (Fsp3) is 0.833. The molecule has 0 fully saturated rings. The minimum absolute atomic E-state index is 0.00439. The minimum Gasteiger partial charge on any atom is -0.464 e. The maximum Gasteiger partial charge on any atom is 0.332 e. The van der Waals surface area contributed by atoms with Gasteiger partial charge in [-0.3, -0.25) is 9.69 Å². The van der Waals surface area contributed by atoms with Gasteiger partial charge < -0.3 is 14.8 Å². The van der Waals surface area contributed by atoms with Crippen LogP contribution in [0.2, 0.25) is 0 Å². The molecule has 106 valence electrons. The molecule has 0 aromatic heterocycles. The molecule has 1 N–H and O–H groups in total. The lowest BCUT2D eigenvalue weighted by atomic mass is 10.4. The predicted octanol–water partition coefficient (Wildman–Crippen LogP) is 0.0241. The molecule has 6 heteroatoms. The van der Waals surface area contributed by atoms with Crippen LogP contribution >= 0.6 is 0 Å². The Morgan fingerprint density at radius 1 is 1.22 bits per heavy atom. The van der Waals surface area contributed by atoms with E-state index in [-0.39, 0.29) is 18.5 Å². The topological polar surface area (TPSA) is 67.9 Å². The van der Waals surface area contributed by atoms with E-state index in [4.69, 9.17) is 9.47 Å². The SMILES string of the molecule is CCNC(=O)CN(CC)CCOCC(=O)OCC. The third-order valence-corrected chi connectivity index (χ3v) is 2.27. The first-order valence-corrected chi connectivity index (χ1v) is 6.36. The van der Waals surface area contributed by atoms with Gasteiger partial charge >= 0.3 is 5.97 Å². The average molecular weight is 260 g/mol. The van der Waals surface area contributed by atoms with Crippen LogP contribution in [0.4, 0.5) is 0 Å². The van der Waals surface area contributed by atoms with E-state index in [1.54, 1.807) is 6.92 Å². The van der Waals surface area contributed by atoms with Gasteiger partial charge in [0.05, 0.1) is 19.8 Å². The molecule has 0 spiro atoms. The predicted molar refractivity (Wildman–Crippen MR) is 68.2 cm³/mol. The van der Waals surface area contributed by atoms with Crippen LogP contribution in [0, 0.1) is 0 Å². The molecule has 0 aliphatic heterocycles. The lowest BCUT2D eigenvalue weighted by Crippen LogP contribution is -2.38. The smallest absolute Gasteiger partial charge is 0.332 e. The van der Waals surface area contributed by atoms with Crippen LogP contribution in [0.5, 0.6) is 0 Å². The molecule has 0 radical (unpaired) electrons. The number of carbonyl (C=O) groups is 2. The summed E-state index contributed by atoms with van der Waals surface area (Å²) in [6.07, 6.45) is 0. The second-order valence-corrected chi connectivity index (χ2v) is 3.68. The van der Waals surface area contributed by atoms with E-state index in [0.717, 1.165) is 6.54 Å². The van der Waals surface area contributed by atoms with Crippen molar-refractivity contribution in [2.75, 3.05) is 46.0 Å². The van der Waals surface area contributed by atoms with Gasteiger partial charge in [-0.15, -0.1) is 0 Å². The van der Waals surface area contributed by atoms with Gasteiger partial charge in [-0.25, -0.2) is 4.79 Å². The molecule has 0 rings (SSSR count). The van der Waals surface area contributed by atoms with Crippen LogP contribution in [-0.4, -0.2) is 62.8 Å².